The van der Waals surface area contributed by atoms with E-state index in [4.69, 9.17) is 5.73 Å². The molecule has 0 amide bonds. The second kappa shape index (κ2) is 3.57. The molecule has 1 fully saturated rings. The van der Waals surface area contributed by atoms with Crippen LogP contribution in [0.2, 0.25) is 0 Å². The van der Waals surface area contributed by atoms with Crippen molar-refractivity contribution in [3.63, 3.8) is 0 Å². The molecule has 1 aromatic carbocycles. The van der Waals surface area contributed by atoms with E-state index in [1.807, 2.05) is 0 Å². The summed E-state index contributed by atoms with van der Waals surface area (Å²) in [6, 6.07) is 6.30. The van der Waals surface area contributed by atoms with Crippen molar-refractivity contribution in [2.45, 2.75) is 18.3 Å². The van der Waals surface area contributed by atoms with Crippen LogP contribution >= 0.6 is 15.9 Å². The predicted octanol–water partition coefficient (Wildman–Crippen LogP) is 2.07. The van der Waals surface area contributed by atoms with Crippen LogP contribution in [0.15, 0.2) is 27.7 Å². The van der Waals surface area contributed by atoms with Crippen LogP contribution in [-0.4, -0.2) is 18.9 Å². The summed E-state index contributed by atoms with van der Waals surface area (Å²) >= 11 is 3.47. The Hall–Kier alpha value is -0.870. The van der Waals surface area contributed by atoms with Crippen molar-refractivity contribution >= 4 is 27.5 Å². The lowest BCUT2D eigenvalue weighted by molar-refractivity contribution is 0.400. The van der Waals surface area contributed by atoms with E-state index in [1.165, 1.54) is 5.56 Å². The molecule has 1 spiro atoms. The standard InChI is InChI=1S/C12H14BrN3/c13-8-1-2-9-10(7-8)16-11(14)12(9)3-5-15-6-4-12/h1-2,7,15H,3-6H2,(H2,14,16). The Morgan fingerprint density at radius 2 is 2.06 bits per heavy atom. The first-order valence-electron chi connectivity index (χ1n) is 5.58. The number of benzene rings is 1. The molecule has 3 nitrogen and oxygen atoms in total. The Morgan fingerprint density at radius 1 is 1.31 bits per heavy atom. The summed E-state index contributed by atoms with van der Waals surface area (Å²) in [5.74, 6) is 0.794. The summed E-state index contributed by atoms with van der Waals surface area (Å²) in [5.41, 5.74) is 8.49. The van der Waals surface area contributed by atoms with Crippen molar-refractivity contribution in [2.24, 2.45) is 10.7 Å². The van der Waals surface area contributed by atoms with E-state index in [0.717, 1.165) is 41.9 Å². The number of amidine groups is 1. The van der Waals surface area contributed by atoms with Crippen molar-refractivity contribution in [1.29, 1.82) is 0 Å². The second-order valence-corrected chi connectivity index (χ2v) is 5.41. The molecule has 0 bridgehead atoms. The first-order chi connectivity index (χ1) is 7.72. The number of piperidine rings is 1. The van der Waals surface area contributed by atoms with E-state index in [9.17, 15) is 0 Å². The zero-order valence-corrected chi connectivity index (χ0v) is 10.5. The molecule has 2 heterocycles. The molecule has 0 aromatic heterocycles. The Bertz CT molecular complexity index is 461. The van der Waals surface area contributed by atoms with Gasteiger partial charge in [-0.3, -0.25) is 0 Å². The molecule has 2 aliphatic rings. The minimum atomic E-state index is 0.00127. The lowest BCUT2D eigenvalue weighted by Gasteiger charge is -2.34. The van der Waals surface area contributed by atoms with Gasteiger partial charge in [-0.05, 0) is 43.6 Å². The molecule has 0 radical (unpaired) electrons. The number of fused-ring (bicyclic) bond motifs is 2. The zero-order chi connectivity index (χ0) is 11.2. The third-order valence-electron chi connectivity index (χ3n) is 3.66. The summed E-state index contributed by atoms with van der Waals surface area (Å²) in [6.07, 6.45) is 2.11. The van der Waals surface area contributed by atoms with Crippen molar-refractivity contribution < 1.29 is 0 Å². The lowest BCUT2D eigenvalue weighted by atomic mass is 9.73. The molecule has 0 unspecified atom stereocenters. The van der Waals surface area contributed by atoms with Gasteiger partial charge in [0.2, 0.25) is 0 Å². The van der Waals surface area contributed by atoms with Gasteiger partial charge in [-0.2, -0.15) is 0 Å². The maximum Gasteiger partial charge on any atom is 0.110 e. The number of nitrogens with zero attached hydrogens (tertiary/aromatic N) is 1. The van der Waals surface area contributed by atoms with Gasteiger partial charge in [-0.1, -0.05) is 22.0 Å². The van der Waals surface area contributed by atoms with E-state index in [-0.39, 0.29) is 5.41 Å². The Kier molecular flexibility index (Phi) is 2.30. The predicted molar refractivity (Wildman–Crippen MR) is 69.2 cm³/mol. The molecule has 84 valence electrons. The highest BCUT2D eigenvalue weighted by molar-refractivity contribution is 9.10. The average Bonchev–Trinajstić information content (AvgIpc) is 2.53. The number of aliphatic imine (C=N–C) groups is 1. The number of nitrogens with one attached hydrogen (secondary N) is 1. The molecule has 0 aliphatic carbocycles. The molecule has 1 aromatic rings. The molecule has 2 aliphatic heterocycles. The van der Waals surface area contributed by atoms with Crippen molar-refractivity contribution in [3.8, 4) is 0 Å². The third kappa shape index (κ3) is 1.33. The first kappa shape index (κ1) is 10.3. The van der Waals surface area contributed by atoms with Gasteiger partial charge in [0.05, 0.1) is 11.1 Å². The smallest absolute Gasteiger partial charge is 0.110 e. The summed E-state index contributed by atoms with van der Waals surface area (Å²) in [6.45, 7) is 2.04. The fraction of sp³-hybridized carbons (Fsp3) is 0.417. The quantitative estimate of drug-likeness (QED) is 0.764. The van der Waals surface area contributed by atoms with Gasteiger partial charge in [0.1, 0.15) is 5.84 Å². The maximum atomic E-state index is 6.15. The van der Waals surface area contributed by atoms with Crippen LogP contribution < -0.4 is 11.1 Å². The second-order valence-electron chi connectivity index (χ2n) is 4.49. The molecular formula is C12H14BrN3. The molecule has 3 N–H and O–H groups in total. The van der Waals surface area contributed by atoms with Crippen LogP contribution in [0.25, 0.3) is 0 Å². The van der Waals surface area contributed by atoms with Crippen LogP contribution in [0.1, 0.15) is 18.4 Å². The van der Waals surface area contributed by atoms with Gasteiger partial charge in [-0.25, -0.2) is 4.99 Å². The van der Waals surface area contributed by atoms with Gasteiger partial charge in [0.25, 0.3) is 0 Å². The minimum absolute atomic E-state index is 0.00127. The summed E-state index contributed by atoms with van der Waals surface area (Å²) in [7, 11) is 0. The van der Waals surface area contributed by atoms with Crippen LogP contribution in [-0.2, 0) is 5.41 Å². The van der Waals surface area contributed by atoms with E-state index >= 15 is 0 Å². The normalized spacial score (nSPS) is 21.9. The van der Waals surface area contributed by atoms with Crippen LogP contribution in [0.4, 0.5) is 5.69 Å². The summed E-state index contributed by atoms with van der Waals surface area (Å²) in [5, 5.41) is 3.38. The number of nitrogens with two attached hydrogens (primary N) is 1. The van der Waals surface area contributed by atoms with E-state index in [0.29, 0.717) is 0 Å². The minimum Gasteiger partial charge on any atom is -0.386 e. The Morgan fingerprint density at radius 3 is 2.81 bits per heavy atom. The van der Waals surface area contributed by atoms with Crippen LogP contribution in [0.5, 0.6) is 0 Å². The largest absolute Gasteiger partial charge is 0.386 e. The van der Waals surface area contributed by atoms with Gasteiger partial charge < -0.3 is 11.1 Å². The highest BCUT2D eigenvalue weighted by Gasteiger charge is 2.42. The van der Waals surface area contributed by atoms with Gasteiger partial charge in [0, 0.05) is 4.47 Å². The van der Waals surface area contributed by atoms with Crippen molar-refractivity contribution in [2.75, 3.05) is 13.1 Å². The Balaban J connectivity index is 2.13. The van der Waals surface area contributed by atoms with Gasteiger partial charge >= 0.3 is 0 Å². The number of rotatable bonds is 0. The first-order valence-corrected chi connectivity index (χ1v) is 6.37. The molecule has 0 saturated carbocycles. The number of halogens is 1. The Labute approximate surface area is 103 Å². The molecule has 0 atom stereocenters. The van der Waals surface area contributed by atoms with E-state index in [2.05, 4.69) is 44.4 Å². The average molecular weight is 280 g/mol. The fourth-order valence-corrected chi connectivity index (χ4v) is 3.10. The van der Waals surface area contributed by atoms with Gasteiger partial charge in [-0.15, -0.1) is 0 Å². The SMILES string of the molecule is NC1=Nc2cc(Br)ccc2C12CCNCC2. The number of hydrogen-bond donors (Lipinski definition) is 2. The van der Waals surface area contributed by atoms with Crippen molar-refractivity contribution in [1.82, 2.24) is 5.32 Å². The highest BCUT2D eigenvalue weighted by Crippen LogP contribution is 2.45. The molecule has 16 heavy (non-hydrogen) atoms. The topological polar surface area (TPSA) is 50.4 Å². The fourth-order valence-electron chi connectivity index (χ4n) is 2.76. The molecular weight excluding hydrogens is 266 g/mol. The maximum absolute atomic E-state index is 6.15. The van der Waals surface area contributed by atoms with E-state index < -0.39 is 0 Å². The summed E-state index contributed by atoms with van der Waals surface area (Å²) in [4.78, 5) is 4.53. The van der Waals surface area contributed by atoms with Crippen LogP contribution in [0.3, 0.4) is 0 Å². The monoisotopic (exact) mass is 279 g/mol. The van der Waals surface area contributed by atoms with Gasteiger partial charge in [0.15, 0.2) is 0 Å². The third-order valence-corrected chi connectivity index (χ3v) is 4.16. The molecule has 1 saturated heterocycles. The molecule has 4 heteroatoms. The lowest BCUT2D eigenvalue weighted by Crippen LogP contribution is -2.47. The summed E-state index contributed by atoms with van der Waals surface area (Å²) < 4.78 is 1.06. The number of hydrogen-bond acceptors (Lipinski definition) is 3. The van der Waals surface area contributed by atoms with Crippen LogP contribution in [0, 0.1) is 0 Å². The molecule has 3 rings (SSSR count). The highest BCUT2D eigenvalue weighted by atomic mass is 79.9. The van der Waals surface area contributed by atoms with Crippen molar-refractivity contribution in [3.05, 3.63) is 28.2 Å². The zero-order valence-electron chi connectivity index (χ0n) is 8.96. The van der Waals surface area contributed by atoms with E-state index in [1.54, 1.807) is 0 Å².